The van der Waals surface area contributed by atoms with Gasteiger partial charge in [0.05, 0.1) is 40.5 Å². The van der Waals surface area contributed by atoms with Crippen LogP contribution in [0.3, 0.4) is 0 Å². The lowest BCUT2D eigenvalue weighted by atomic mass is 10.1. The van der Waals surface area contributed by atoms with Gasteiger partial charge in [-0.2, -0.15) is 0 Å². The molecule has 10 heteroatoms. The average molecular weight is 576 g/mol. The van der Waals surface area contributed by atoms with E-state index >= 15 is 0 Å². The molecule has 2 aliphatic heterocycles. The minimum absolute atomic E-state index is 0.0242. The van der Waals surface area contributed by atoms with Crippen LogP contribution in [0, 0.1) is 0 Å². The molecule has 0 unspecified atom stereocenters. The Balaban J connectivity index is 1.34. The number of piperazine rings is 1. The summed E-state index contributed by atoms with van der Waals surface area (Å²) in [5.41, 5.74) is 2.91. The molecule has 2 aliphatic rings. The van der Waals surface area contributed by atoms with E-state index in [1.165, 1.54) is 19.6 Å². The lowest BCUT2D eigenvalue weighted by molar-refractivity contribution is -0.143. The number of amides is 5. The van der Waals surface area contributed by atoms with Gasteiger partial charge in [0, 0.05) is 20.1 Å². The number of rotatable bonds is 3. The maximum atomic E-state index is 14.4. The van der Waals surface area contributed by atoms with E-state index in [1.54, 1.807) is 60.5 Å². The van der Waals surface area contributed by atoms with E-state index in [9.17, 15) is 24.3 Å². The molecule has 43 heavy (non-hydrogen) atoms. The Kier molecular flexibility index (Phi) is 7.25. The summed E-state index contributed by atoms with van der Waals surface area (Å²) in [7, 11) is 1.64. The third kappa shape index (κ3) is 4.93. The summed E-state index contributed by atoms with van der Waals surface area (Å²) < 4.78 is 0. The average Bonchev–Trinajstić information content (AvgIpc) is 3.14. The van der Waals surface area contributed by atoms with Crippen molar-refractivity contribution in [1.29, 1.82) is 0 Å². The molecule has 1 fully saturated rings. The zero-order valence-electron chi connectivity index (χ0n) is 23.4. The minimum atomic E-state index is -1.32. The van der Waals surface area contributed by atoms with Gasteiger partial charge in [0.1, 0.15) is 6.04 Å². The van der Waals surface area contributed by atoms with Gasteiger partial charge in [0.15, 0.2) is 0 Å². The number of hydrogen-bond donors (Lipinski definition) is 1. The Labute approximate surface area is 248 Å². The first kappa shape index (κ1) is 27.5. The van der Waals surface area contributed by atoms with Gasteiger partial charge >= 0.3 is 18.0 Å². The molecule has 0 radical (unpaired) electrons. The van der Waals surface area contributed by atoms with Crippen molar-refractivity contribution in [3.8, 4) is 0 Å². The van der Waals surface area contributed by atoms with Crippen LogP contribution in [0.2, 0.25) is 0 Å². The van der Waals surface area contributed by atoms with Crippen LogP contribution < -0.4 is 14.7 Å². The first-order valence-corrected chi connectivity index (χ1v) is 13.9. The Morgan fingerprint density at radius 1 is 0.721 bits per heavy atom. The summed E-state index contributed by atoms with van der Waals surface area (Å²) in [6.07, 6.45) is 0. The number of para-hydroxylation sites is 5. The summed E-state index contributed by atoms with van der Waals surface area (Å²) in [5, 5.41) is 10.3. The molecular formula is C33H29N5O5. The van der Waals surface area contributed by atoms with Crippen molar-refractivity contribution in [2.24, 2.45) is 0 Å². The fourth-order valence-electron chi connectivity index (χ4n) is 5.60. The second-order valence-electron chi connectivity index (χ2n) is 10.3. The summed E-state index contributed by atoms with van der Waals surface area (Å²) in [6.45, 7) is -0.129. The largest absolute Gasteiger partial charge is 0.480 e. The maximum Gasteiger partial charge on any atom is 0.330 e. The second kappa shape index (κ2) is 11.3. The van der Waals surface area contributed by atoms with E-state index in [4.69, 9.17) is 0 Å². The number of hydrogen-bond acceptors (Lipinski definition) is 4. The second-order valence-corrected chi connectivity index (χ2v) is 10.3. The Bertz CT molecular complexity index is 1660. The van der Waals surface area contributed by atoms with E-state index in [0.29, 0.717) is 34.0 Å². The van der Waals surface area contributed by atoms with Crippen LogP contribution in [0.25, 0.3) is 0 Å². The number of carbonyl (C=O) groups is 4. The van der Waals surface area contributed by atoms with Gasteiger partial charge < -0.3 is 19.8 Å². The molecule has 10 nitrogen and oxygen atoms in total. The third-order valence-electron chi connectivity index (χ3n) is 7.76. The van der Waals surface area contributed by atoms with Crippen molar-refractivity contribution in [3.05, 3.63) is 115 Å². The number of urea groups is 2. The summed E-state index contributed by atoms with van der Waals surface area (Å²) in [4.78, 5) is 61.5. The van der Waals surface area contributed by atoms with Crippen LogP contribution in [0.15, 0.2) is 109 Å². The summed E-state index contributed by atoms with van der Waals surface area (Å²) in [5.74, 6) is -1.52. The van der Waals surface area contributed by atoms with Gasteiger partial charge in [-0.05, 0) is 48.5 Å². The minimum Gasteiger partial charge on any atom is -0.480 e. The molecule has 0 aliphatic carbocycles. The topological polar surface area (TPSA) is 105 Å². The lowest BCUT2D eigenvalue weighted by Crippen LogP contribution is -2.62. The van der Waals surface area contributed by atoms with Crippen LogP contribution in [-0.2, 0) is 4.79 Å². The number of benzene rings is 4. The van der Waals surface area contributed by atoms with Gasteiger partial charge in [-0.25, -0.2) is 14.4 Å². The summed E-state index contributed by atoms with van der Waals surface area (Å²) >= 11 is 0. The molecule has 4 aromatic carbocycles. The molecule has 1 saturated heterocycles. The van der Waals surface area contributed by atoms with Crippen molar-refractivity contribution in [2.45, 2.75) is 6.04 Å². The van der Waals surface area contributed by atoms with Gasteiger partial charge in [-0.3, -0.25) is 14.6 Å². The van der Waals surface area contributed by atoms with Gasteiger partial charge in [0.2, 0.25) is 0 Å². The van der Waals surface area contributed by atoms with Crippen molar-refractivity contribution in [1.82, 2.24) is 9.80 Å². The number of anilines is 5. The predicted octanol–water partition coefficient (Wildman–Crippen LogP) is 5.56. The number of carboxylic acid groups (broad SMARTS) is 1. The fraction of sp³-hybridized carbons (Fsp3) is 0.152. The molecule has 5 amide bonds. The molecule has 0 saturated carbocycles. The lowest BCUT2D eigenvalue weighted by Gasteiger charge is -2.42. The SMILES string of the molecule is CN1C(=O)c2ccccc2N(C(=O)N2CCN(C(=O)N(c3ccccc3)c3ccccc3)C[C@H]2C(=O)O)c2ccccc21. The van der Waals surface area contributed by atoms with E-state index in [0.717, 1.165) is 0 Å². The number of fused-ring (bicyclic) bond motifs is 2. The van der Waals surface area contributed by atoms with Crippen LogP contribution in [0.4, 0.5) is 38.0 Å². The van der Waals surface area contributed by atoms with Crippen LogP contribution in [0.1, 0.15) is 10.4 Å². The molecule has 1 N–H and O–H groups in total. The van der Waals surface area contributed by atoms with Crippen LogP contribution >= 0.6 is 0 Å². The molecule has 0 aromatic heterocycles. The van der Waals surface area contributed by atoms with Crippen molar-refractivity contribution >= 4 is 52.4 Å². The monoisotopic (exact) mass is 575 g/mol. The number of aliphatic carboxylic acids is 1. The smallest absolute Gasteiger partial charge is 0.330 e. The maximum absolute atomic E-state index is 14.4. The molecule has 4 aromatic rings. The van der Waals surface area contributed by atoms with Crippen LogP contribution in [0.5, 0.6) is 0 Å². The van der Waals surface area contributed by atoms with Crippen molar-refractivity contribution in [3.63, 3.8) is 0 Å². The zero-order chi connectivity index (χ0) is 30.1. The van der Waals surface area contributed by atoms with E-state index < -0.39 is 24.1 Å². The summed E-state index contributed by atoms with van der Waals surface area (Å²) in [6, 6.07) is 29.7. The normalized spacial score (nSPS) is 16.2. The Morgan fingerprint density at radius 3 is 1.86 bits per heavy atom. The molecule has 2 heterocycles. The first-order chi connectivity index (χ1) is 20.9. The standard InChI is InChI=1S/C33H29N5O5/c1-34-27-18-10-11-19-28(27)38(26-17-9-8-16-25(26)30(34)39)33(43)36-21-20-35(22-29(36)31(40)41)32(42)37(23-12-4-2-5-13-23)24-14-6-3-7-15-24/h2-19,29H,20-22H2,1H3,(H,40,41)/t29-/m0/s1. The Morgan fingerprint density at radius 2 is 1.26 bits per heavy atom. The highest BCUT2D eigenvalue weighted by Crippen LogP contribution is 2.41. The van der Waals surface area contributed by atoms with Gasteiger partial charge in [-0.1, -0.05) is 60.7 Å². The van der Waals surface area contributed by atoms with Gasteiger partial charge in [-0.15, -0.1) is 0 Å². The van der Waals surface area contributed by atoms with E-state index in [1.807, 2.05) is 60.7 Å². The number of carbonyl (C=O) groups excluding carboxylic acids is 3. The third-order valence-corrected chi connectivity index (χ3v) is 7.76. The fourth-order valence-corrected chi connectivity index (χ4v) is 5.60. The van der Waals surface area contributed by atoms with E-state index in [-0.39, 0.29) is 25.5 Å². The molecule has 6 rings (SSSR count). The quantitative estimate of drug-likeness (QED) is 0.344. The first-order valence-electron chi connectivity index (χ1n) is 13.9. The molecule has 0 bridgehead atoms. The van der Waals surface area contributed by atoms with Gasteiger partial charge in [0.25, 0.3) is 5.91 Å². The number of carboxylic acids is 1. The predicted molar refractivity (Wildman–Crippen MR) is 163 cm³/mol. The molecule has 1 atom stereocenters. The molecular weight excluding hydrogens is 546 g/mol. The Hall–Kier alpha value is -5.64. The highest BCUT2D eigenvalue weighted by molar-refractivity contribution is 6.18. The van der Waals surface area contributed by atoms with Crippen molar-refractivity contribution in [2.75, 3.05) is 41.4 Å². The highest BCUT2D eigenvalue weighted by Gasteiger charge is 2.42. The van der Waals surface area contributed by atoms with E-state index in [2.05, 4.69) is 0 Å². The van der Waals surface area contributed by atoms with Crippen LogP contribution in [-0.4, -0.2) is 71.6 Å². The highest BCUT2D eigenvalue weighted by atomic mass is 16.4. The number of nitrogens with zero attached hydrogens (tertiary/aromatic N) is 5. The molecule has 0 spiro atoms. The molecule has 216 valence electrons. The zero-order valence-corrected chi connectivity index (χ0v) is 23.4. The van der Waals surface area contributed by atoms with Crippen molar-refractivity contribution < 1.29 is 24.3 Å².